The van der Waals surface area contributed by atoms with Gasteiger partial charge in [0.15, 0.2) is 0 Å². The Labute approximate surface area is 114 Å². The summed E-state index contributed by atoms with van der Waals surface area (Å²) >= 11 is 5.89. The van der Waals surface area contributed by atoms with E-state index in [-0.39, 0.29) is 11.6 Å². The van der Waals surface area contributed by atoms with Gasteiger partial charge in [-0.2, -0.15) is 4.98 Å². The number of aromatic nitrogens is 2. The third-order valence-electron chi connectivity index (χ3n) is 2.65. The summed E-state index contributed by atoms with van der Waals surface area (Å²) in [5, 5.41) is 14.2. The number of rotatable bonds is 2. The zero-order valence-electron chi connectivity index (χ0n) is 9.75. The fourth-order valence-electron chi connectivity index (χ4n) is 1.72. The summed E-state index contributed by atoms with van der Waals surface area (Å²) in [5.74, 6) is 0.751. The Bertz CT molecular complexity index is 710. The zero-order chi connectivity index (χ0) is 13.2. The molecule has 0 aliphatic heterocycles. The van der Waals surface area contributed by atoms with Gasteiger partial charge in [0.05, 0.1) is 5.56 Å². The fraction of sp³-hybridized carbons (Fsp3) is 0. The van der Waals surface area contributed by atoms with Gasteiger partial charge in [-0.3, -0.25) is 0 Å². The molecule has 1 aromatic heterocycles. The van der Waals surface area contributed by atoms with Crippen molar-refractivity contribution in [2.75, 3.05) is 0 Å². The Morgan fingerprint density at radius 3 is 2.63 bits per heavy atom. The average molecular weight is 273 g/mol. The molecule has 1 N–H and O–H groups in total. The highest BCUT2D eigenvalue weighted by Gasteiger charge is 2.14. The second-order valence-corrected chi connectivity index (χ2v) is 4.39. The normalized spacial score (nSPS) is 10.6. The number of halogens is 1. The van der Waals surface area contributed by atoms with Crippen LogP contribution >= 0.6 is 11.6 Å². The van der Waals surface area contributed by atoms with E-state index in [1.807, 2.05) is 30.3 Å². The minimum Gasteiger partial charge on any atom is -0.507 e. The lowest BCUT2D eigenvalue weighted by Gasteiger charge is -1.98. The molecule has 0 saturated carbocycles. The second-order valence-electron chi connectivity index (χ2n) is 3.95. The molecule has 0 saturated heterocycles. The molecule has 5 heteroatoms. The number of hydrogen-bond donors (Lipinski definition) is 1. The number of phenolic OH excluding ortho intramolecular Hbond substituents is 1. The smallest absolute Gasteiger partial charge is 0.262 e. The van der Waals surface area contributed by atoms with Crippen molar-refractivity contribution in [2.24, 2.45) is 0 Å². The first-order valence-corrected chi connectivity index (χ1v) is 6.00. The Balaban J connectivity index is 2.04. The van der Waals surface area contributed by atoms with E-state index in [0.29, 0.717) is 16.4 Å². The van der Waals surface area contributed by atoms with Crippen LogP contribution in [0, 0.1) is 0 Å². The molecule has 0 fully saturated rings. The van der Waals surface area contributed by atoms with E-state index >= 15 is 0 Å². The lowest BCUT2D eigenvalue weighted by atomic mass is 10.2. The molecule has 0 aliphatic carbocycles. The first-order valence-electron chi connectivity index (χ1n) is 5.62. The monoisotopic (exact) mass is 272 g/mol. The van der Waals surface area contributed by atoms with Gasteiger partial charge in [0.25, 0.3) is 5.89 Å². The van der Waals surface area contributed by atoms with E-state index in [9.17, 15) is 5.11 Å². The molecule has 3 aromatic rings. The third kappa shape index (κ3) is 2.30. The summed E-state index contributed by atoms with van der Waals surface area (Å²) in [6.07, 6.45) is 0. The lowest BCUT2D eigenvalue weighted by Crippen LogP contribution is -1.81. The summed E-state index contributed by atoms with van der Waals surface area (Å²) in [5.41, 5.74) is 1.26. The van der Waals surface area contributed by atoms with Crippen molar-refractivity contribution in [3.8, 4) is 28.6 Å². The minimum absolute atomic E-state index is 0.0488. The largest absolute Gasteiger partial charge is 0.507 e. The Morgan fingerprint density at radius 2 is 1.84 bits per heavy atom. The number of benzene rings is 2. The maximum absolute atomic E-state index is 9.78. The molecule has 3 rings (SSSR count). The van der Waals surface area contributed by atoms with E-state index in [0.717, 1.165) is 5.56 Å². The van der Waals surface area contributed by atoms with Gasteiger partial charge in [-0.25, -0.2) is 0 Å². The van der Waals surface area contributed by atoms with Crippen LogP contribution in [0.2, 0.25) is 5.02 Å². The topological polar surface area (TPSA) is 59.2 Å². The molecular weight excluding hydrogens is 264 g/mol. The third-order valence-corrected chi connectivity index (χ3v) is 2.88. The van der Waals surface area contributed by atoms with Crippen LogP contribution < -0.4 is 0 Å². The van der Waals surface area contributed by atoms with Crippen molar-refractivity contribution in [3.63, 3.8) is 0 Å². The molecule has 1 heterocycles. The van der Waals surface area contributed by atoms with E-state index in [1.54, 1.807) is 12.1 Å². The molecule has 4 nitrogen and oxygen atoms in total. The van der Waals surface area contributed by atoms with Gasteiger partial charge in [-0.05, 0) is 18.2 Å². The fourth-order valence-corrected chi connectivity index (χ4v) is 1.89. The Kier molecular flexibility index (Phi) is 2.93. The van der Waals surface area contributed by atoms with E-state index < -0.39 is 0 Å². The van der Waals surface area contributed by atoms with Crippen LogP contribution in [0.3, 0.4) is 0 Å². The van der Waals surface area contributed by atoms with Gasteiger partial charge in [0.1, 0.15) is 5.75 Å². The Hall–Kier alpha value is -2.33. The number of hydrogen-bond acceptors (Lipinski definition) is 4. The van der Waals surface area contributed by atoms with Gasteiger partial charge in [-0.1, -0.05) is 47.1 Å². The highest BCUT2D eigenvalue weighted by Crippen LogP contribution is 2.31. The van der Waals surface area contributed by atoms with Crippen molar-refractivity contribution in [2.45, 2.75) is 0 Å². The summed E-state index contributed by atoms with van der Waals surface area (Å²) in [6.45, 7) is 0. The van der Waals surface area contributed by atoms with Crippen LogP contribution in [0.25, 0.3) is 22.8 Å². The van der Waals surface area contributed by atoms with Crippen LogP contribution in [-0.4, -0.2) is 15.2 Å². The molecule has 0 bridgehead atoms. The Morgan fingerprint density at radius 1 is 1.05 bits per heavy atom. The molecule has 94 valence electrons. The highest BCUT2D eigenvalue weighted by atomic mass is 35.5. The number of phenols is 1. The highest BCUT2D eigenvalue weighted by molar-refractivity contribution is 6.30. The molecular formula is C14H9ClN2O2. The minimum atomic E-state index is 0.0488. The van der Waals surface area contributed by atoms with Gasteiger partial charge in [0.2, 0.25) is 5.82 Å². The van der Waals surface area contributed by atoms with E-state index in [4.69, 9.17) is 16.1 Å². The van der Waals surface area contributed by atoms with Crippen molar-refractivity contribution < 1.29 is 9.63 Å². The molecule has 0 atom stereocenters. The van der Waals surface area contributed by atoms with Crippen molar-refractivity contribution in [3.05, 3.63) is 53.6 Å². The van der Waals surface area contributed by atoms with Crippen LogP contribution in [0.15, 0.2) is 53.1 Å². The van der Waals surface area contributed by atoms with Crippen LogP contribution in [0.5, 0.6) is 5.75 Å². The summed E-state index contributed by atoms with van der Waals surface area (Å²) in [6, 6.07) is 14.1. The number of nitrogens with zero attached hydrogens (tertiary/aromatic N) is 2. The maximum Gasteiger partial charge on any atom is 0.262 e. The molecule has 0 amide bonds. The van der Waals surface area contributed by atoms with Gasteiger partial charge in [-0.15, -0.1) is 0 Å². The van der Waals surface area contributed by atoms with Gasteiger partial charge < -0.3 is 9.63 Å². The quantitative estimate of drug-likeness (QED) is 0.771. The van der Waals surface area contributed by atoms with Crippen molar-refractivity contribution >= 4 is 11.6 Å². The lowest BCUT2D eigenvalue weighted by molar-refractivity contribution is 0.426. The predicted octanol–water partition coefficient (Wildman–Crippen LogP) is 3.76. The maximum atomic E-state index is 9.78. The SMILES string of the molecule is Oc1ccc(Cl)cc1-c1nc(-c2ccccc2)no1. The second kappa shape index (κ2) is 4.74. The van der Waals surface area contributed by atoms with E-state index in [1.165, 1.54) is 6.07 Å². The summed E-state index contributed by atoms with van der Waals surface area (Å²) in [4.78, 5) is 4.26. The standard InChI is InChI=1S/C14H9ClN2O2/c15-10-6-7-12(18)11(8-10)14-16-13(17-19-14)9-4-2-1-3-5-9/h1-8,18H. The van der Waals surface area contributed by atoms with Crippen LogP contribution in [0.1, 0.15) is 0 Å². The van der Waals surface area contributed by atoms with Crippen LogP contribution in [0.4, 0.5) is 0 Å². The van der Waals surface area contributed by atoms with Crippen molar-refractivity contribution in [1.82, 2.24) is 10.1 Å². The summed E-state index contributed by atoms with van der Waals surface area (Å²) in [7, 11) is 0. The van der Waals surface area contributed by atoms with Gasteiger partial charge in [0, 0.05) is 10.6 Å². The van der Waals surface area contributed by atoms with Gasteiger partial charge >= 0.3 is 0 Å². The molecule has 0 spiro atoms. The predicted molar refractivity (Wildman–Crippen MR) is 71.8 cm³/mol. The first kappa shape index (κ1) is 11.7. The summed E-state index contributed by atoms with van der Waals surface area (Å²) < 4.78 is 5.16. The molecule has 19 heavy (non-hydrogen) atoms. The average Bonchev–Trinajstić information content (AvgIpc) is 2.92. The first-order chi connectivity index (χ1) is 9.24. The van der Waals surface area contributed by atoms with E-state index in [2.05, 4.69) is 10.1 Å². The molecule has 0 aliphatic rings. The van der Waals surface area contributed by atoms with Crippen LogP contribution in [-0.2, 0) is 0 Å². The molecule has 0 radical (unpaired) electrons. The molecule has 0 unspecified atom stereocenters. The number of aromatic hydroxyl groups is 1. The van der Waals surface area contributed by atoms with Crippen molar-refractivity contribution in [1.29, 1.82) is 0 Å². The zero-order valence-corrected chi connectivity index (χ0v) is 10.5. The molecule has 2 aromatic carbocycles.